The molecule has 4 nitrogen and oxygen atoms in total. The summed E-state index contributed by atoms with van der Waals surface area (Å²) in [6, 6.07) is 7.34. The Kier molecular flexibility index (Phi) is 5.18. The van der Waals surface area contributed by atoms with Crippen LogP contribution in [0.2, 0.25) is 5.02 Å². The number of nitrogens with one attached hydrogen (secondary N) is 1. The molecule has 21 heavy (non-hydrogen) atoms. The van der Waals surface area contributed by atoms with Crippen molar-refractivity contribution in [2.24, 2.45) is 0 Å². The summed E-state index contributed by atoms with van der Waals surface area (Å²) >= 11 is 7.25. The van der Waals surface area contributed by atoms with Gasteiger partial charge < -0.3 is 5.32 Å². The van der Waals surface area contributed by atoms with Gasteiger partial charge in [0.05, 0.1) is 0 Å². The fraction of sp³-hybridized carbons (Fsp3) is 0.385. The van der Waals surface area contributed by atoms with Crippen LogP contribution in [-0.2, 0) is 10.0 Å². The number of benzene rings is 1. The van der Waals surface area contributed by atoms with Crippen molar-refractivity contribution in [3.05, 3.63) is 29.3 Å². The number of piperazine rings is 1. The van der Waals surface area contributed by atoms with Crippen molar-refractivity contribution in [1.29, 1.82) is 0 Å². The van der Waals surface area contributed by atoms with Crippen molar-refractivity contribution in [2.45, 2.75) is 17.2 Å². The Balaban J connectivity index is 0.00000161. The molecule has 1 unspecified atom stereocenters. The zero-order valence-electron chi connectivity index (χ0n) is 11.4. The molecule has 3 rings (SSSR count). The van der Waals surface area contributed by atoms with Crippen molar-refractivity contribution in [2.75, 3.05) is 19.6 Å². The molecule has 0 amide bonds. The monoisotopic (exact) mass is 366 g/mol. The van der Waals surface area contributed by atoms with E-state index in [-0.39, 0.29) is 18.4 Å². The normalized spacial score (nSPS) is 20.4. The van der Waals surface area contributed by atoms with Crippen LogP contribution < -0.4 is 5.32 Å². The topological polar surface area (TPSA) is 49.4 Å². The molecule has 0 radical (unpaired) electrons. The van der Waals surface area contributed by atoms with Crippen molar-refractivity contribution in [1.82, 2.24) is 9.62 Å². The van der Waals surface area contributed by atoms with Gasteiger partial charge in [0.1, 0.15) is 4.21 Å². The molecule has 0 aliphatic carbocycles. The van der Waals surface area contributed by atoms with Gasteiger partial charge >= 0.3 is 0 Å². The van der Waals surface area contributed by atoms with Gasteiger partial charge in [-0.25, -0.2) is 8.42 Å². The Bertz CT molecular complexity index is 746. The Morgan fingerprint density at radius 1 is 1.38 bits per heavy atom. The summed E-state index contributed by atoms with van der Waals surface area (Å²) in [6.45, 7) is 3.71. The van der Waals surface area contributed by atoms with E-state index in [1.165, 1.54) is 11.3 Å². The fourth-order valence-corrected chi connectivity index (χ4v) is 5.60. The summed E-state index contributed by atoms with van der Waals surface area (Å²) in [5.41, 5.74) is 0. The molecule has 1 saturated heterocycles. The lowest BCUT2D eigenvalue weighted by atomic mass is 10.3. The van der Waals surface area contributed by atoms with Crippen LogP contribution in [0, 0.1) is 0 Å². The summed E-state index contributed by atoms with van der Waals surface area (Å²) in [4.78, 5) is 0. The molecular formula is C13H16Cl2N2O2S2. The number of halogens is 2. The summed E-state index contributed by atoms with van der Waals surface area (Å²) < 4.78 is 28.2. The number of hydrogen-bond donors (Lipinski definition) is 1. The summed E-state index contributed by atoms with van der Waals surface area (Å²) in [6.07, 6.45) is 0. The minimum absolute atomic E-state index is 0. The van der Waals surface area contributed by atoms with E-state index in [1.54, 1.807) is 22.5 Å². The van der Waals surface area contributed by atoms with E-state index in [1.807, 2.05) is 13.0 Å². The van der Waals surface area contributed by atoms with E-state index >= 15 is 0 Å². The third-order valence-corrected chi connectivity index (χ3v) is 7.05. The molecule has 1 aromatic heterocycles. The highest BCUT2D eigenvalue weighted by molar-refractivity contribution is 7.91. The third-order valence-electron chi connectivity index (χ3n) is 3.38. The lowest BCUT2D eigenvalue weighted by Crippen LogP contribution is -2.51. The van der Waals surface area contributed by atoms with Gasteiger partial charge in [0.2, 0.25) is 0 Å². The van der Waals surface area contributed by atoms with Crippen molar-refractivity contribution >= 4 is 55.5 Å². The van der Waals surface area contributed by atoms with Gasteiger partial charge in [-0.05, 0) is 36.6 Å². The van der Waals surface area contributed by atoms with Crippen molar-refractivity contribution in [3.63, 3.8) is 0 Å². The minimum Gasteiger partial charge on any atom is -0.312 e. The number of rotatable bonds is 2. The predicted octanol–water partition coefficient (Wildman–Crippen LogP) is 2.96. The van der Waals surface area contributed by atoms with Crippen LogP contribution in [0.3, 0.4) is 0 Å². The first-order chi connectivity index (χ1) is 9.46. The van der Waals surface area contributed by atoms with Crippen LogP contribution >= 0.6 is 35.3 Å². The van der Waals surface area contributed by atoms with Gasteiger partial charge in [0.25, 0.3) is 10.0 Å². The van der Waals surface area contributed by atoms with Gasteiger partial charge in [0, 0.05) is 35.4 Å². The molecule has 0 bridgehead atoms. The fourth-order valence-electron chi connectivity index (χ4n) is 2.36. The first kappa shape index (κ1) is 17.0. The SMILES string of the molecule is CC1CN(S(=O)(=O)c2cc3cc(Cl)ccc3s2)CCN1.Cl. The zero-order valence-corrected chi connectivity index (χ0v) is 14.6. The molecule has 0 saturated carbocycles. The molecule has 116 valence electrons. The second-order valence-electron chi connectivity index (χ2n) is 4.97. The van der Waals surface area contributed by atoms with Crippen LogP contribution in [0.4, 0.5) is 0 Å². The summed E-state index contributed by atoms with van der Waals surface area (Å²) in [7, 11) is -3.40. The number of fused-ring (bicyclic) bond motifs is 1. The van der Waals surface area contributed by atoms with Gasteiger partial charge in [-0.3, -0.25) is 0 Å². The lowest BCUT2D eigenvalue weighted by Gasteiger charge is -2.30. The first-order valence-corrected chi connectivity index (χ1v) is 9.03. The average molecular weight is 367 g/mol. The maximum Gasteiger partial charge on any atom is 0.252 e. The van der Waals surface area contributed by atoms with E-state index in [9.17, 15) is 8.42 Å². The molecule has 1 fully saturated rings. The number of hydrogen-bond acceptors (Lipinski definition) is 4. The van der Waals surface area contributed by atoms with E-state index < -0.39 is 10.0 Å². The first-order valence-electron chi connectivity index (χ1n) is 6.39. The Labute approximate surface area is 139 Å². The van der Waals surface area contributed by atoms with Gasteiger partial charge in [0.15, 0.2) is 0 Å². The van der Waals surface area contributed by atoms with Crippen LogP contribution in [-0.4, -0.2) is 38.4 Å². The largest absolute Gasteiger partial charge is 0.312 e. The van der Waals surface area contributed by atoms with Crippen LogP contribution in [0.5, 0.6) is 0 Å². The van der Waals surface area contributed by atoms with E-state index in [0.717, 1.165) is 10.1 Å². The highest BCUT2D eigenvalue weighted by Gasteiger charge is 2.29. The molecule has 1 N–H and O–H groups in total. The van der Waals surface area contributed by atoms with Crippen LogP contribution in [0.15, 0.2) is 28.5 Å². The summed E-state index contributed by atoms with van der Waals surface area (Å²) in [5, 5.41) is 4.75. The number of sulfonamides is 1. The number of nitrogens with zero attached hydrogens (tertiary/aromatic N) is 1. The Hall–Kier alpha value is -0.370. The molecule has 2 heterocycles. The predicted molar refractivity (Wildman–Crippen MR) is 90.3 cm³/mol. The van der Waals surface area contributed by atoms with Crippen LogP contribution in [0.25, 0.3) is 10.1 Å². The Morgan fingerprint density at radius 3 is 2.86 bits per heavy atom. The Morgan fingerprint density at radius 2 is 2.14 bits per heavy atom. The van der Waals surface area contributed by atoms with E-state index in [0.29, 0.717) is 28.9 Å². The lowest BCUT2D eigenvalue weighted by molar-refractivity contribution is 0.311. The highest BCUT2D eigenvalue weighted by atomic mass is 35.5. The van der Waals surface area contributed by atoms with E-state index in [4.69, 9.17) is 11.6 Å². The molecule has 1 aromatic carbocycles. The maximum absolute atomic E-state index is 12.7. The van der Waals surface area contributed by atoms with Crippen molar-refractivity contribution < 1.29 is 8.42 Å². The molecule has 0 spiro atoms. The van der Waals surface area contributed by atoms with Gasteiger partial charge in [-0.15, -0.1) is 23.7 Å². The standard InChI is InChI=1S/C13H15ClN2O2S2.ClH/c1-9-8-16(5-4-15-9)20(17,18)13-7-10-6-11(14)2-3-12(10)19-13;/h2-3,6-7,9,15H,4-5,8H2,1H3;1H. The highest BCUT2D eigenvalue weighted by Crippen LogP contribution is 2.32. The second kappa shape index (κ2) is 6.40. The van der Waals surface area contributed by atoms with E-state index in [2.05, 4.69) is 5.32 Å². The molecule has 1 aliphatic rings. The molecule has 2 aromatic rings. The molecule has 8 heteroatoms. The zero-order chi connectivity index (χ0) is 14.3. The molecular weight excluding hydrogens is 351 g/mol. The van der Waals surface area contributed by atoms with Gasteiger partial charge in [-0.1, -0.05) is 11.6 Å². The third kappa shape index (κ3) is 3.36. The number of thiophene rings is 1. The quantitative estimate of drug-likeness (QED) is 0.888. The summed E-state index contributed by atoms with van der Waals surface area (Å²) in [5.74, 6) is 0. The second-order valence-corrected chi connectivity index (χ2v) is 8.65. The van der Waals surface area contributed by atoms with Crippen molar-refractivity contribution in [3.8, 4) is 0 Å². The maximum atomic E-state index is 12.7. The molecule has 1 aliphatic heterocycles. The molecule has 1 atom stereocenters. The van der Waals surface area contributed by atoms with Crippen LogP contribution in [0.1, 0.15) is 6.92 Å². The smallest absolute Gasteiger partial charge is 0.252 e. The average Bonchev–Trinajstić information content (AvgIpc) is 2.82. The van der Waals surface area contributed by atoms with Gasteiger partial charge in [-0.2, -0.15) is 4.31 Å². The minimum atomic E-state index is -3.40.